The number of hydrogen-bond acceptors (Lipinski definition) is 15. The van der Waals surface area contributed by atoms with Gasteiger partial charge in [0, 0.05) is 25.7 Å². The SMILES string of the molecule is CCC(C)CCCCCCCCC(=O)OC[C@H](COP(=O)(O)OCC(O)COP(=O)(O)OC[C@@H](COC(=O)CCCCCCCCCC(C)C)OC(=O)CCCCCCCCCCCCCCCCCCCCC(C)C)OC(=O)CCCCCCCCCCCCCC(C)C. The summed E-state index contributed by atoms with van der Waals surface area (Å²) in [4.78, 5) is 72.7. The summed E-state index contributed by atoms with van der Waals surface area (Å²) in [6.45, 7) is 14.1. The van der Waals surface area contributed by atoms with Gasteiger partial charge in [-0.2, -0.15) is 0 Å². The molecule has 0 fully saturated rings. The van der Waals surface area contributed by atoms with Crippen molar-refractivity contribution in [2.45, 2.75) is 401 Å². The Morgan fingerprint density at radius 1 is 0.295 bits per heavy atom. The molecule has 0 saturated heterocycles. The maximum atomic E-state index is 13.1. The topological polar surface area (TPSA) is 237 Å². The summed E-state index contributed by atoms with van der Waals surface area (Å²) in [6.07, 6.45) is 50.2. The molecule has 0 aromatic rings. The highest BCUT2D eigenvalue weighted by Gasteiger charge is 2.30. The van der Waals surface area contributed by atoms with E-state index >= 15 is 0 Å². The first kappa shape index (κ1) is 93.1. The molecule has 0 amide bonds. The molecule has 0 spiro atoms. The van der Waals surface area contributed by atoms with Crippen LogP contribution in [0.5, 0.6) is 0 Å². The Morgan fingerprint density at radius 3 is 0.747 bits per heavy atom. The second kappa shape index (κ2) is 65.4. The second-order valence-corrected chi connectivity index (χ2v) is 32.0. The Labute approximate surface area is 581 Å². The van der Waals surface area contributed by atoms with E-state index in [0.717, 1.165) is 120 Å². The fraction of sp³-hybridized carbons (Fsp3) is 0.947. The van der Waals surface area contributed by atoms with Gasteiger partial charge in [-0.25, -0.2) is 9.13 Å². The highest BCUT2D eigenvalue weighted by atomic mass is 31.2. The maximum absolute atomic E-state index is 13.1. The lowest BCUT2D eigenvalue weighted by Gasteiger charge is -2.21. The Kier molecular flexibility index (Phi) is 64.0. The van der Waals surface area contributed by atoms with Gasteiger partial charge in [-0.3, -0.25) is 37.3 Å². The first-order valence-electron chi connectivity index (χ1n) is 39.2. The molecular formula is C76H148O17P2. The molecule has 3 N–H and O–H groups in total. The number of phosphoric acid groups is 2. The molecule has 0 aliphatic rings. The number of hydrogen-bond donors (Lipinski definition) is 3. The van der Waals surface area contributed by atoms with E-state index in [2.05, 4.69) is 55.4 Å². The number of aliphatic hydroxyl groups is 1. The first-order valence-corrected chi connectivity index (χ1v) is 42.2. The first-order chi connectivity index (χ1) is 45.6. The predicted octanol–water partition coefficient (Wildman–Crippen LogP) is 22.0. The largest absolute Gasteiger partial charge is 0.472 e. The zero-order chi connectivity index (χ0) is 70.3. The van der Waals surface area contributed by atoms with E-state index in [1.54, 1.807) is 0 Å². The molecule has 0 rings (SSSR count). The molecule has 19 heteroatoms. The van der Waals surface area contributed by atoms with Crippen LogP contribution in [0, 0.1) is 23.7 Å². The molecule has 0 bridgehead atoms. The Hall–Kier alpha value is -1.94. The minimum absolute atomic E-state index is 0.105. The van der Waals surface area contributed by atoms with Crippen molar-refractivity contribution in [3.8, 4) is 0 Å². The van der Waals surface area contributed by atoms with Gasteiger partial charge in [0.05, 0.1) is 26.4 Å². The standard InChI is InChI=1S/C76H148O17P2/c1-9-69(8)55-47-39-34-35-41-49-57-74(79)87-63-72(93-76(81)59-51-43-32-26-22-18-20-24-29-37-45-53-67(4)5)65-91-95(84,85)89-61-70(77)60-88-94(82,83)90-64-71(62-86-73(78)56-48-40-33-27-30-38-46-54-68(6)7)92-75(80)58-50-42-31-25-21-17-15-13-11-10-12-14-16-19-23-28-36-44-52-66(2)3/h66-72,77H,9-65H2,1-8H3,(H,82,83)(H,84,85)/t69?,70?,71-,72-/m1/s1. The van der Waals surface area contributed by atoms with Crippen molar-refractivity contribution < 1.29 is 80.2 Å². The average Bonchev–Trinajstić information content (AvgIpc) is 1.67. The van der Waals surface area contributed by atoms with Gasteiger partial charge < -0.3 is 33.8 Å². The molecule has 0 aliphatic heterocycles. The van der Waals surface area contributed by atoms with E-state index < -0.39 is 97.5 Å². The van der Waals surface area contributed by atoms with Crippen molar-refractivity contribution in [1.29, 1.82) is 0 Å². The number of unbranched alkanes of at least 4 members (excludes halogenated alkanes) is 38. The quantitative estimate of drug-likeness (QED) is 0.0222. The minimum Gasteiger partial charge on any atom is -0.462 e. The van der Waals surface area contributed by atoms with Gasteiger partial charge in [0.15, 0.2) is 12.2 Å². The van der Waals surface area contributed by atoms with Crippen LogP contribution in [0.25, 0.3) is 0 Å². The fourth-order valence-electron chi connectivity index (χ4n) is 11.5. The third-order valence-corrected chi connectivity index (χ3v) is 19.8. The number of rotatable bonds is 73. The summed E-state index contributed by atoms with van der Waals surface area (Å²) in [5, 5.41) is 10.6. The molecule has 4 unspecified atom stereocenters. The van der Waals surface area contributed by atoms with Crippen LogP contribution >= 0.6 is 15.6 Å². The second-order valence-electron chi connectivity index (χ2n) is 29.1. The van der Waals surface area contributed by atoms with Gasteiger partial charge in [0.1, 0.15) is 19.3 Å². The zero-order valence-corrected chi connectivity index (χ0v) is 64.1. The number of carbonyl (C=O) groups is 4. The summed E-state index contributed by atoms with van der Waals surface area (Å²) in [5.41, 5.74) is 0. The van der Waals surface area contributed by atoms with E-state index in [4.69, 9.17) is 37.0 Å². The molecule has 0 aliphatic carbocycles. The Balaban J connectivity index is 5.18. The molecule has 17 nitrogen and oxygen atoms in total. The average molecular weight is 1400 g/mol. The summed E-state index contributed by atoms with van der Waals surface area (Å²) < 4.78 is 68.5. The molecule has 0 aromatic carbocycles. The van der Waals surface area contributed by atoms with Gasteiger partial charge in [0.2, 0.25) is 0 Å². The summed E-state index contributed by atoms with van der Waals surface area (Å²) in [6, 6.07) is 0. The third-order valence-electron chi connectivity index (χ3n) is 17.9. The fourth-order valence-corrected chi connectivity index (χ4v) is 13.1. The molecule has 0 radical (unpaired) electrons. The van der Waals surface area contributed by atoms with Gasteiger partial charge in [0.25, 0.3) is 0 Å². The monoisotopic (exact) mass is 1400 g/mol. The molecule has 0 heterocycles. The van der Waals surface area contributed by atoms with Crippen molar-refractivity contribution in [2.75, 3.05) is 39.6 Å². The van der Waals surface area contributed by atoms with Crippen LogP contribution < -0.4 is 0 Å². The van der Waals surface area contributed by atoms with Crippen LogP contribution in [0.2, 0.25) is 0 Å². The van der Waals surface area contributed by atoms with Crippen LogP contribution in [-0.2, 0) is 65.4 Å². The normalized spacial score (nSPS) is 14.4. The lowest BCUT2D eigenvalue weighted by atomic mass is 10.00. The molecule has 0 saturated carbocycles. The van der Waals surface area contributed by atoms with Crippen LogP contribution in [0.4, 0.5) is 0 Å². The van der Waals surface area contributed by atoms with Crippen molar-refractivity contribution in [3.05, 3.63) is 0 Å². The van der Waals surface area contributed by atoms with Gasteiger partial charge in [-0.15, -0.1) is 0 Å². The van der Waals surface area contributed by atoms with Gasteiger partial charge >= 0.3 is 39.5 Å². The number of esters is 4. The van der Waals surface area contributed by atoms with Crippen LogP contribution in [-0.4, -0.2) is 96.7 Å². The summed E-state index contributed by atoms with van der Waals surface area (Å²) in [7, 11) is -9.91. The number of ether oxygens (including phenoxy) is 4. The molecule has 95 heavy (non-hydrogen) atoms. The van der Waals surface area contributed by atoms with Gasteiger partial charge in [-0.1, -0.05) is 331 Å². The number of carbonyl (C=O) groups excluding carboxylic acids is 4. The van der Waals surface area contributed by atoms with E-state index in [-0.39, 0.29) is 25.7 Å². The Morgan fingerprint density at radius 2 is 0.505 bits per heavy atom. The highest BCUT2D eigenvalue weighted by Crippen LogP contribution is 2.45. The number of aliphatic hydroxyl groups excluding tert-OH is 1. The molecule has 564 valence electrons. The van der Waals surface area contributed by atoms with Gasteiger partial charge in [-0.05, 0) is 49.4 Å². The number of phosphoric ester groups is 2. The van der Waals surface area contributed by atoms with Crippen molar-refractivity contribution in [2.24, 2.45) is 23.7 Å². The van der Waals surface area contributed by atoms with E-state index in [1.807, 2.05) is 0 Å². The highest BCUT2D eigenvalue weighted by molar-refractivity contribution is 7.47. The van der Waals surface area contributed by atoms with Crippen molar-refractivity contribution in [1.82, 2.24) is 0 Å². The van der Waals surface area contributed by atoms with E-state index in [1.165, 1.54) is 173 Å². The van der Waals surface area contributed by atoms with Crippen molar-refractivity contribution in [3.63, 3.8) is 0 Å². The lowest BCUT2D eigenvalue weighted by molar-refractivity contribution is -0.161. The van der Waals surface area contributed by atoms with Crippen LogP contribution in [0.3, 0.4) is 0 Å². The van der Waals surface area contributed by atoms with Crippen molar-refractivity contribution >= 4 is 39.5 Å². The summed E-state index contributed by atoms with van der Waals surface area (Å²) >= 11 is 0. The molecule has 6 atom stereocenters. The Bertz CT molecular complexity index is 1870. The van der Waals surface area contributed by atoms with Crippen LogP contribution in [0.15, 0.2) is 0 Å². The molecular weight excluding hydrogens is 1250 g/mol. The lowest BCUT2D eigenvalue weighted by Crippen LogP contribution is -2.30. The zero-order valence-electron chi connectivity index (χ0n) is 62.3. The van der Waals surface area contributed by atoms with E-state index in [0.29, 0.717) is 31.6 Å². The summed E-state index contributed by atoms with van der Waals surface area (Å²) in [5.74, 6) is 0.898. The smallest absolute Gasteiger partial charge is 0.462 e. The predicted molar refractivity (Wildman–Crippen MR) is 386 cm³/mol. The molecule has 0 aromatic heterocycles. The maximum Gasteiger partial charge on any atom is 0.472 e. The third kappa shape index (κ3) is 69.0. The minimum atomic E-state index is -4.96. The van der Waals surface area contributed by atoms with E-state index in [9.17, 15) is 43.2 Å². The van der Waals surface area contributed by atoms with Crippen LogP contribution in [0.1, 0.15) is 383 Å².